The third-order valence-corrected chi connectivity index (χ3v) is 6.13. The number of pyridine rings is 1. The average Bonchev–Trinajstić information content (AvgIpc) is 2.76. The minimum atomic E-state index is -0.149. The SMILES string of the molecule is CC(C)c1c(C#N)c(N)nc2sc(C(=O)NC3CCCCCC3)c(N)c12. The van der Waals surface area contributed by atoms with E-state index in [4.69, 9.17) is 11.5 Å². The van der Waals surface area contributed by atoms with Gasteiger partial charge in [0.2, 0.25) is 0 Å². The molecule has 3 rings (SSSR count). The van der Waals surface area contributed by atoms with Crippen molar-refractivity contribution in [2.75, 3.05) is 11.5 Å². The highest BCUT2D eigenvalue weighted by Crippen LogP contribution is 2.40. The number of amides is 1. The van der Waals surface area contributed by atoms with Crippen LogP contribution in [0.5, 0.6) is 0 Å². The number of nitrogens with zero attached hydrogens (tertiary/aromatic N) is 2. The highest BCUT2D eigenvalue weighted by Gasteiger charge is 2.25. The molecular weight excluding hydrogens is 346 g/mol. The number of hydrogen-bond acceptors (Lipinski definition) is 6. The predicted molar refractivity (Wildman–Crippen MR) is 106 cm³/mol. The van der Waals surface area contributed by atoms with Crippen LogP contribution in [-0.4, -0.2) is 16.9 Å². The summed E-state index contributed by atoms with van der Waals surface area (Å²) in [5.74, 6) is 0.0944. The second kappa shape index (κ2) is 7.50. The van der Waals surface area contributed by atoms with E-state index in [2.05, 4.69) is 16.4 Å². The van der Waals surface area contributed by atoms with Crippen LogP contribution in [0.2, 0.25) is 0 Å². The molecule has 2 aromatic heterocycles. The van der Waals surface area contributed by atoms with Gasteiger partial charge < -0.3 is 16.8 Å². The Morgan fingerprint density at radius 1 is 1.27 bits per heavy atom. The molecule has 7 heteroatoms. The maximum absolute atomic E-state index is 12.8. The first-order valence-electron chi connectivity index (χ1n) is 9.16. The van der Waals surface area contributed by atoms with Gasteiger partial charge in [-0.15, -0.1) is 11.3 Å². The topological polar surface area (TPSA) is 118 Å². The summed E-state index contributed by atoms with van der Waals surface area (Å²) in [5.41, 5.74) is 13.9. The van der Waals surface area contributed by atoms with E-state index in [1.165, 1.54) is 24.2 Å². The molecule has 1 amide bonds. The lowest BCUT2D eigenvalue weighted by molar-refractivity contribution is 0.0938. The quantitative estimate of drug-likeness (QED) is 0.707. The maximum Gasteiger partial charge on any atom is 0.263 e. The average molecular weight is 372 g/mol. The van der Waals surface area contributed by atoms with Crippen LogP contribution >= 0.6 is 11.3 Å². The van der Waals surface area contributed by atoms with Gasteiger partial charge in [0.15, 0.2) is 0 Å². The minimum absolute atomic E-state index is 0.0483. The van der Waals surface area contributed by atoms with Gasteiger partial charge in [0, 0.05) is 11.4 Å². The number of nitriles is 1. The fourth-order valence-corrected chi connectivity index (χ4v) is 4.76. The van der Waals surface area contributed by atoms with Crippen LogP contribution in [0, 0.1) is 11.3 Å². The predicted octanol–water partition coefficient (Wildman–Crippen LogP) is 3.91. The van der Waals surface area contributed by atoms with E-state index in [0.29, 0.717) is 26.3 Å². The zero-order valence-electron chi connectivity index (χ0n) is 15.3. The Morgan fingerprint density at radius 2 is 1.92 bits per heavy atom. The van der Waals surface area contributed by atoms with Gasteiger partial charge in [0.1, 0.15) is 21.6 Å². The maximum atomic E-state index is 12.8. The largest absolute Gasteiger partial charge is 0.397 e. The number of aromatic nitrogens is 1. The first-order chi connectivity index (χ1) is 12.4. The van der Waals surface area contributed by atoms with Crippen LogP contribution in [0.15, 0.2) is 0 Å². The van der Waals surface area contributed by atoms with Crippen LogP contribution < -0.4 is 16.8 Å². The first-order valence-corrected chi connectivity index (χ1v) is 9.98. The van der Waals surface area contributed by atoms with Gasteiger partial charge in [0.05, 0.1) is 11.3 Å². The summed E-state index contributed by atoms with van der Waals surface area (Å²) in [6.07, 6.45) is 6.78. The fourth-order valence-electron chi connectivity index (χ4n) is 3.74. The van der Waals surface area contributed by atoms with E-state index in [1.54, 1.807) is 0 Å². The standard InChI is InChI=1S/C19H25N5OS/c1-10(2)13-12(9-20)17(22)24-19-14(13)15(21)16(26-19)18(25)23-11-7-5-3-4-6-8-11/h10-11H,3-8,21H2,1-2H3,(H2,22,24)(H,23,25). The molecule has 0 aromatic carbocycles. The molecule has 0 bridgehead atoms. The number of rotatable bonds is 3. The Bertz CT molecular complexity index is 872. The second-order valence-corrected chi connectivity index (χ2v) is 8.24. The van der Waals surface area contributed by atoms with E-state index in [-0.39, 0.29) is 23.7 Å². The van der Waals surface area contributed by atoms with Crippen LogP contribution in [-0.2, 0) is 0 Å². The molecule has 0 unspecified atom stereocenters. The summed E-state index contributed by atoms with van der Waals surface area (Å²) in [6, 6.07) is 2.34. The molecule has 0 atom stereocenters. The monoisotopic (exact) mass is 371 g/mol. The van der Waals surface area contributed by atoms with Crippen molar-refractivity contribution in [1.82, 2.24) is 10.3 Å². The highest BCUT2D eigenvalue weighted by atomic mass is 32.1. The van der Waals surface area contributed by atoms with Gasteiger partial charge >= 0.3 is 0 Å². The van der Waals surface area contributed by atoms with E-state index in [0.717, 1.165) is 31.2 Å². The van der Waals surface area contributed by atoms with Crippen molar-refractivity contribution >= 4 is 39.0 Å². The van der Waals surface area contributed by atoms with Crippen LogP contribution in [0.1, 0.15) is 79.1 Å². The molecule has 0 aliphatic heterocycles. The second-order valence-electron chi connectivity index (χ2n) is 7.24. The number of carbonyl (C=O) groups excluding carboxylic acids is 1. The molecule has 2 aromatic rings. The Kier molecular flexibility index (Phi) is 5.33. The number of anilines is 2. The molecule has 138 valence electrons. The Morgan fingerprint density at radius 3 is 2.50 bits per heavy atom. The lowest BCUT2D eigenvalue weighted by Crippen LogP contribution is -2.34. The minimum Gasteiger partial charge on any atom is -0.397 e. The summed E-state index contributed by atoms with van der Waals surface area (Å²) in [5, 5.41) is 13.3. The molecule has 0 saturated heterocycles. The van der Waals surface area contributed by atoms with Gasteiger partial charge in [-0.2, -0.15) is 5.26 Å². The van der Waals surface area contributed by atoms with E-state index in [1.807, 2.05) is 13.8 Å². The summed E-state index contributed by atoms with van der Waals surface area (Å²) in [7, 11) is 0. The molecule has 6 nitrogen and oxygen atoms in total. The Hall–Kier alpha value is -2.33. The van der Waals surface area contributed by atoms with Crippen molar-refractivity contribution in [2.45, 2.75) is 64.3 Å². The molecule has 5 N–H and O–H groups in total. The van der Waals surface area contributed by atoms with Crippen molar-refractivity contribution in [1.29, 1.82) is 5.26 Å². The summed E-state index contributed by atoms with van der Waals surface area (Å²) < 4.78 is 0. The number of thiophene rings is 1. The summed E-state index contributed by atoms with van der Waals surface area (Å²) in [4.78, 5) is 18.2. The fraction of sp³-hybridized carbons (Fsp3) is 0.526. The van der Waals surface area contributed by atoms with Crippen LogP contribution in [0.3, 0.4) is 0 Å². The molecule has 1 fully saturated rings. The zero-order chi connectivity index (χ0) is 18.8. The van der Waals surface area contributed by atoms with Crippen molar-refractivity contribution in [2.24, 2.45) is 0 Å². The number of carbonyl (C=O) groups is 1. The number of hydrogen-bond donors (Lipinski definition) is 3. The van der Waals surface area contributed by atoms with Crippen LogP contribution in [0.4, 0.5) is 11.5 Å². The van der Waals surface area contributed by atoms with E-state index >= 15 is 0 Å². The smallest absolute Gasteiger partial charge is 0.263 e. The number of nitrogens with one attached hydrogen (secondary N) is 1. The normalized spacial score (nSPS) is 15.8. The highest BCUT2D eigenvalue weighted by molar-refractivity contribution is 7.21. The molecule has 1 aliphatic rings. The third kappa shape index (κ3) is 3.34. The van der Waals surface area contributed by atoms with Gasteiger partial charge in [-0.25, -0.2) is 4.98 Å². The van der Waals surface area contributed by atoms with Gasteiger partial charge in [0.25, 0.3) is 5.91 Å². The molecular formula is C19H25N5OS. The van der Waals surface area contributed by atoms with Crippen molar-refractivity contribution in [3.05, 3.63) is 16.0 Å². The molecule has 26 heavy (non-hydrogen) atoms. The van der Waals surface area contributed by atoms with Crippen molar-refractivity contribution in [3.8, 4) is 6.07 Å². The molecule has 1 saturated carbocycles. The van der Waals surface area contributed by atoms with E-state index in [9.17, 15) is 10.1 Å². The zero-order valence-corrected chi connectivity index (χ0v) is 16.1. The first kappa shape index (κ1) is 18.5. The molecule has 1 aliphatic carbocycles. The van der Waals surface area contributed by atoms with Crippen molar-refractivity contribution < 1.29 is 4.79 Å². The molecule has 2 heterocycles. The number of fused-ring (bicyclic) bond motifs is 1. The summed E-state index contributed by atoms with van der Waals surface area (Å²) >= 11 is 1.25. The summed E-state index contributed by atoms with van der Waals surface area (Å²) in [6.45, 7) is 3.97. The van der Waals surface area contributed by atoms with E-state index < -0.39 is 0 Å². The Labute approximate surface area is 157 Å². The lowest BCUT2D eigenvalue weighted by Gasteiger charge is -2.16. The number of nitrogen functional groups attached to an aromatic ring is 2. The molecule has 0 radical (unpaired) electrons. The van der Waals surface area contributed by atoms with Gasteiger partial charge in [-0.1, -0.05) is 39.5 Å². The number of nitrogens with two attached hydrogens (primary N) is 2. The lowest BCUT2D eigenvalue weighted by atomic mass is 9.95. The Balaban J connectivity index is 2.02. The molecule has 0 spiro atoms. The van der Waals surface area contributed by atoms with Gasteiger partial charge in [-0.05, 0) is 24.3 Å². The third-order valence-electron chi connectivity index (χ3n) is 5.03. The van der Waals surface area contributed by atoms with Gasteiger partial charge in [-0.3, -0.25) is 4.79 Å². The van der Waals surface area contributed by atoms with Crippen LogP contribution in [0.25, 0.3) is 10.2 Å². The van der Waals surface area contributed by atoms with Crippen molar-refractivity contribution in [3.63, 3.8) is 0 Å².